The van der Waals surface area contributed by atoms with Gasteiger partial charge in [-0.1, -0.05) is 19.9 Å². The van der Waals surface area contributed by atoms with Crippen molar-refractivity contribution >= 4 is 41.3 Å². The molecule has 1 saturated heterocycles. The van der Waals surface area contributed by atoms with Crippen LogP contribution in [-0.2, 0) is 0 Å². The Hall–Kier alpha value is -0.380. The highest BCUT2D eigenvalue weighted by Gasteiger charge is 2.24. The molecule has 2 unspecified atom stereocenters. The lowest BCUT2D eigenvalue weighted by atomic mass is 10.2. The van der Waals surface area contributed by atoms with Crippen LogP contribution in [0.1, 0.15) is 64.3 Å². The van der Waals surface area contributed by atoms with Gasteiger partial charge < -0.3 is 15.5 Å². The van der Waals surface area contributed by atoms with Gasteiger partial charge in [-0.05, 0) is 83.7 Å². The number of halogens is 1. The lowest BCUT2D eigenvalue weighted by Crippen LogP contribution is -2.43. The number of nitrogens with zero attached hydrogens (tertiary/aromatic N) is 3. The van der Waals surface area contributed by atoms with Crippen LogP contribution in [0.3, 0.4) is 0 Å². The maximum Gasteiger partial charge on any atom is 0.191 e. The van der Waals surface area contributed by atoms with E-state index >= 15 is 0 Å². The summed E-state index contributed by atoms with van der Waals surface area (Å²) in [6.07, 6.45) is 5.02. The summed E-state index contributed by atoms with van der Waals surface area (Å²) in [5, 5.41) is 9.25. The maximum absolute atomic E-state index is 4.98. The Balaban J connectivity index is 0.00000420. The average molecular weight is 536 g/mol. The molecule has 1 aliphatic rings. The summed E-state index contributed by atoms with van der Waals surface area (Å²) >= 11 is 1.86. The minimum Gasteiger partial charge on any atom is -0.357 e. The van der Waals surface area contributed by atoms with E-state index in [9.17, 15) is 0 Å². The second-order valence-electron chi connectivity index (χ2n) is 7.71. The van der Waals surface area contributed by atoms with Crippen molar-refractivity contribution in [1.82, 2.24) is 20.4 Å². The molecular weight excluding hydrogens is 493 g/mol. The van der Waals surface area contributed by atoms with Gasteiger partial charge in [0.25, 0.3) is 0 Å². The molecule has 2 heterocycles. The van der Waals surface area contributed by atoms with Gasteiger partial charge in [0, 0.05) is 17.5 Å². The van der Waals surface area contributed by atoms with Crippen molar-refractivity contribution in [2.24, 2.45) is 4.99 Å². The third-order valence-corrected chi connectivity index (χ3v) is 6.58. The SMILES string of the molecule is CCNC(=NCC(c1cccs1)N1CCCC1)NC(C)CCCN(CC)CC.I. The molecule has 0 bridgehead atoms. The lowest BCUT2D eigenvalue weighted by Gasteiger charge is -2.26. The molecule has 0 aliphatic carbocycles. The van der Waals surface area contributed by atoms with Gasteiger partial charge in [0.1, 0.15) is 0 Å². The van der Waals surface area contributed by atoms with Crippen LogP contribution in [0.15, 0.2) is 22.5 Å². The zero-order valence-electron chi connectivity index (χ0n) is 18.8. The monoisotopic (exact) mass is 535 g/mol. The van der Waals surface area contributed by atoms with Crippen LogP contribution in [0, 0.1) is 0 Å². The van der Waals surface area contributed by atoms with E-state index < -0.39 is 0 Å². The third-order valence-electron chi connectivity index (χ3n) is 5.61. The molecule has 0 aromatic carbocycles. The molecule has 1 aromatic rings. The first-order chi connectivity index (χ1) is 13.7. The van der Waals surface area contributed by atoms with Gasteiger partial charge in [0.05, 0.1) is 12.6 Å². The van der Waals surface area contributed by atoms with Crippen molar-refractivity contribution in [3.8, 4) is 0 Å². The van der Waals surface area contributed by atoms with Crippen LogP contribution < -0.4 is 10.6 Å². The standard InChI is InChI=1S/C22H41N5S.HI/c1-5-23-22(25-19(4)12-10-14-26(6-2)7-3)24-18-20(21-13-11-17-28-21)27-15-8-9-16-27;/h11,13,17,19-20H,5-10,12,14-16,18H2,1-4H3,(H2,23,24,25);1H. The van der Waals surface area contributed by atoms with E-state index in [1.807, 2.05) is 11.3 Å². The molecule has 0 amide bonds. The molecule has 1 aromatic heterocycles. The number of likely N-dealkylation sites (tertiary alicyclic amines) is 1. The van der Waals surface area contributed by atoms with Gasteiger partial charge in [-0.25, -0.2) is 0 Å². The van der Waals surface area contributed by atoms with E-state index in [2.05, 4.69) is 65.6 Å². The molecular formula is C22H42IN5S. The summed E-state index contributed by atoms with van der Waals surface area (Å²) in [7, 11) is 0. The first-order valence-electron chi connectivity index (χ1n) is 11.2. The van der Waals surface area contributed by atoms with E-state index in [0.29, 0.717) is 12.1 Å². The summed E-state index contributed by atoms with van der Waals surface area (Å²) < 4.78 is 0. The smallest absolute Gasteiger partial charge is 0.191 e. The van der Waals surface area contributed by atoms with Crippen LogP contribution in [0.4, 0.5) is 0 Å². The number of hydrogen-bond donors (Lipinski definition) is 2. The van der Waals surface area contributed by atoms with Crippen molar-refractivity contribution in [1.29, 1.82) is 0 Å². The van der Waals surface area contributed by atoms with Crippen LogP contribution in [0.2, 0.25) is 0 Å². The number of nitrogens with one attached hydrogen (secondary N) is 2. The number of rotatable bonds is 12. The molecule has 2 rings (SSSR count). The molecule has 2 atom stereocenters. The van der Waals surface area contributed by atoms with Gasteiger partial charge in [-0.2, -0.15) is 0 Å². The Kier molecular flexibility index (Phi) is 14.2. The van der Waals surface area contributed by atoms with Crippen LogP contribution in [0.5, 0.6) is 0 Å². The number of guanidine groups is 1. The number of aliphatic imine (C=N–C) groups is 1. The summed E-state index contributed by atoms with van der Waals surface area (Å²) in [5.74, 6) is 0.957. The van der Waals surface area contributed by atoms with Crippen molar-refractivity contribution < 1.29 is 0 Å². The van der Waals surface area contributed by atoms with Crippen molar-refractivity contribution in [2.45, 2.75) is 65.5 Å². The Bertz CT molecular complexity index is 541. The minimum absolute atomic E-state index is 0. The summed E-state index contributed by atoms with van der Waals surface area (Å²) in [6, 6.07) is 5.27. The maximum atomic E-state index is 4.98. The fourth-order valence-electron chi connectivity index (χ4n) is 3.88. The number of hydrogen-bond acceptors (Lipinski definition) is 4. The predicted octanol–water partition coefficient (Wildman–Crippen LogP) is 4.57. The summed E-state index contributed by atoms with van der Waals surface area (Å²) in [5.41, 5.74) is 0. The predicted molar refractivity (Wildman–Crippen MR) is 139 cm³/mol. The van der Waals surface area contributed by atoms with Crippen molar-refractivity contribution in [3.63, 3.8) is 0 Å². The molecule has 0 radical (unpaired) electrons. The highest BCUT2D eigenvalue weighted by Crippen LogP contribution is 2.28. The normalized spacial score (nSPS) is 17.2. The van der Waals surface area contributed by atoms with Crippen LogP contribution >= 0.6 is 35.3 Å². The molecule has 5 nitrogen and oxygen atoms in total. The van der Waals surface area contributed by atoms with Crippen LogP contribution in [-0.4, -0.2) is 67.6 Å². The minimum atomic E-state index is 0. The van der Waals surface area contributed by atoms with Gasteiger partial charge in [0.15, 0.2) is 5.96 Å². The summed E-state index contributed by atoms with van der Waals surface area (Å²) in [6.45, 7) is 16.5. The van der Waals surface area contributed by atoms with E-state index in [1.54, 1.807) is 0 Å². The second-order valence-corrected chi connectivity index (χ2v) is 8.69. The van der Waals surface area contributed by atoms with E-state index in [0.717, 1.165) is 32.1 Å². The van der Waals surface area contributed by atoms with Gasteiger partial charge in [-0.3, -0.25) is 9.89 Å². The first kappa shape index (κ1) is 26.7. The third kappa shape index (κ3) is 9.53. The highest BCUT2D eigenvalue weighted by atomic mass is 127. The topological polar surface area (TPSA) is 42.9 Å². The summed E-state index contributed by atoms with van der Waals surface area (Å²) in [4.78, 5) is 11.5. The van der Waals surface area contributed by atoms with E-state index in [-0.39, 0.29) is 24.0 Å². The molecule has 0 saturated carbocycles. The number of thiophene rings is 1. The quantitative estimate of drug-likeness (QED) is 0.234. The largest absolute Gasteiger partial charge is 0.357 e. The van der Waals surface area contributed by atoms with E-state index in [1.165, 1.54) is 50.2 Å². The zero-order chi connectivity index (χ0) is 20.2. The zero-order valence-corrected chi connectivity index (χ0v) is 22.0. The van der Waals surface area contributed by atoms with Gasteiger partial charge in [-0.15, -0.1) is 35.3 Å². The van der Waals surface area contributed by atoms with E-state index in [4.69, 9.17) is 4.99 Å². The Morgan fingerprint density at radius 3 is 2.55 bits per heavy atom. The molecule has 2 N–H and O–H groups in total. The highest BCUT2D eigenvalue weighted by molar-refractivity contribution is 14.0. The van der Waals surface area contributed by atoms with Crippen molar-refractivity contribution in [3.05, 3.63) is 22.4 Å². The molecule has 168 valence electrons. The second kappa shape index (κ2) is 15.4. The van der Waals surface area contributed by atoms with Gasteiger partial charge in [0.2, 0.25) is 0 Å². The van der Waals surface area contributed by atoms with Crippen LogP contribution in [0.25, 0.3) is 0 Å². The fraction of sp³-hybridized carbons (Fsp3) is 0.773. The average Bonchev–Trinajstić information content (AvgIpc) is 3.40. The first-order valence-corrected chi connectivity index (χ1v) is 12.1. The molecule has 1 aliphatic heterocycles. The Labute approximate surface area is 199 Å². The lowest BCUT2D eigenvalue weighted by molar-refractivity contribution is 0.255. The molecule has 7 heteroatoms. The molecule has 0 spiro atoms. The Morgan fingerprint density at radius 2 is 1.97 bits per heavy atom. The van der Waals surface area contributed by atoms with Crippen molar-refractivity contribution in [2.75, 3.05) is 45.8 Å². The molecule has 29 heavy (non-hydrogen) atoms. The fourth-order valence-corrected chi connectivity index (χ4v) is 4.74. The Morgan fingerprint density at radius 1 is 1.24 bits per heavy atom. The van der Waals surface area contributed by atoms with Gasteiger partial charge >= 0.3 is 0 Å². The molecule has 1 fully saturated rings.